The first-order valence-corrected chi connectivity index (χ1v) is 9.48. The van der Waals surface area contributed by atoms with Crippen LogP contribution in [0.4, 0.5) is 18.9 Å². The van der Waals surface area contributed by atoms with Gasteiger partial charge in [0.1, 0.15) is 10.6 Å². The Morgan fingerprint density at radius 3 is 2.57 bits per heavy atom. The second-order valence-electron chi connectivity index (χ2n) is 6.18. The second-order valence-corrected chi connectivity index (χ2v) is 7.86. The number of sulfonamides is 1. The number of nitrogens with zero attached hydrogens (tertiary/aromatic N) is 1. The first-order chi connectivity index (χ1) is 13.1. The summed E-state index contributed by atoms with van der Waals surface area (Å²) in [5, 5.41) is 11.8. The van der Waals surface area contributed by atoms with Gasteiger partial charge in [0.2, 0.25) is 10.0 Å². The third kappa shape index (κ3) is 3.90. The van der Waals surface area contributed by atoms with Crippen LogP contribution in [0.1, 0.15) is 10.5 Å². The molecular formula is C16H16F3N3O5S. The average molecular weight is 419 g/mol. The molecule has 2 atom stereocenters. The molecular weight excluding hydrogens is 403 g/mol. The van der Waals surface area contributed by atoms with Crippen LogP contribution in [0.2, 0.25) is 0 Å². The number of anilines is 1. The zero-order valence-corrected chi connectivity index (χ0v) is 15.3. The number of benzene rings is 1. The van der Waals surface area contributed by atoms with Crippen LogP contribution in [-0.2, 0) is 21.8 Å². The first-order valence-electron chi connectivity index (χ1n) is 7.99. The highest BCUT2D eigenvalue weighted by Gasteiger charge is 2.34. The standard InChI is InChI=1S/C16H16F3N3O5S/c1-22-5-13(28(25,26)21-11-6-27-7-12(11)23)14(19)15(22)16(24)20-8-2-3-9(17)10(18)4-8/h2-5,11-12,21,23H,6-7H2,1H3,(H,20,24). The summed E-state index contributed by atoms with van der Waals surface area (Å²) < 4.78 is 73.8. The van der Waals surface area contributed by atoms with E-state index in [1.807, 2.05) is 0 Å². The van der Waals surface area contributed by atoms with E-state index in [-0.39, 0.29) is 18.9 Å². The van der Waals surface area contributed by atoms with Crippen molar-refractivity contribution in [2.24, 2.45) is 7.05 Å². The number of carbonyl (C=O) groups excluding carboxylic acids is 1. The lowest BCUT2D eigenvalue weighted by Crippen LogP contribution is -2.42. The highest BCUT2D eigenvalue weighted by Crippen LogP contribution is 2.23. The van der Waals surface area contributed by atoms with Gasteiger partial charge in [-0.2, -0.15) is 0 Å². The van der Waals surface area contributed by atoms with Crippen molar-refractivity contribution in [2.45, 2.75) is 17.0 Å². The van der Waals surface area contributed by atoms with Crippen molar-refractivity contribution in [1.29, 1.82) is 0 Å². The zero-order chi connectivity index (χ0) is 20.6. The van der Waals surface area contributed by atoms with Gasteiger partial charge in [0.15, 0.2) is 17.5 Å². The molecule has 0 bridgehead atoms. The number of amides is 1. The Morgan fingerprint density at radius 1 is 1.25 bits per heavy atom. The third-order valence-electron chi connectivity index (χ3n) is 4.13. The van der Waals surface area contributed by atoms with E-state index in [9.17, 15) is 31.5 Å². The number of ether oxygens (including phenoxy) is 1. The van der Waals surface area contributed by atoms with Crippen LogP contribution in [0, 0.1) is 17.5 Å². The summed E-state index contributed by atoms with van der Waals surface area (Å²) in [7, 11) is -3.16. The minimum Gasteiger partial charge on any atom is -0.389 e. The Bertz CT molecular complexity index is 1020. The topological polar surface area (TPSA) is 110 Å². The first kappa shape index (κ1) is 20.3. The van der Waals surface area contributed by atoms with E-state index < -0.39 is 56.1 Å². The molecule has 12 heteroatoms. The second kappa shape index (κ2) is 7.54. The predicted octanol–water partition coefficient (Wildman–Crippen LogP) is 0.733. The van der Waals surface area contributed by atoms with Crippen molar-refractivity contribution in [3.8, 4) is 0 Å². The molecule has 1 aliphatic heterocycles. The molecule has 3 N–H and O–H groups in total. The number of hydrogen-bond acceptors (Lipinski definition) is 5. The Kier molecular flexibility index (Phi) is 5.48. The van der Waals surface area contributed by atoms with Gasteiger partial charge in [-0.15, -0.1) is 0 Å². The maximum atomic E-state index is 14.7. The average Bonchev–Trinajstić information content (AvgIpc) is 3.14. The van der Waals surface area contributed by atoms with Crippen LogP contribution in [0.15, 0.2) is 29.3 Å². The minimum atomic E-state index is -4.40. The van der Waals surface area contributed by atoms with Gasteiger partial charge in [-0.1, -0.05) is 0 Å². The van der Waals surface area contributed by atoms with Crippen LogP contribution in [0.25, 0.3) is 0 Å². The number of hydrogen-bond donors (Lipinski definition) is 3. The normalized spacial score (nSPS) is 19.8. The van der Waals surface area contributed by atoms with Crippen molar-refractivity contribution in [3.63, 3.8) is 0 Å². The molecule has 1 fully saturated rings. The van der Waals surface area contributed by atoms with E-state index in [1.54, 1.807) is 0 Å². The van der Waals surface area contributed by atoms with Gasteiger partial charge >= 0.3 is 0 Å². The maximum Gasteiger partial charge on any atom is 0.275 e. The number of carbonyl (C=O) groups is 1. The highest BCUT2D eigenvalue weighted by atomic mass is 32.2. The number of aliphatic hydroxyl groups is 1. The van der Waals surface area contributed by atoms with Crippen molar-refractivity contribution in [3.05, 3.63) is 47.5 Å². The number of nitrogens with one attached hydrogen (secondary N) is 2. The molecule has 0 spiro atoms. The molecule has 1 saturated heterocycles. The van der Waals surface area contributed by atoms with Crippen LogP contribution in [0.3, 0.4) is 0 Å². The molecule has 1 amide bonds. The van der Waals surface area contributed by atoms with Crippen molar-refractivity contribution >= 4 is 21.6 Å². The largest absolute Gasteiger partial charge is 0.389 e. The fourth-order valence-corrected chi connectivity index (χ4v) is 4.08. The monoisotopic (exact) mass is 419 g/mol. The Morgan fingerprint density at radius 2 is 1.96 bits per heavy atom. The molecule has 0 saturated carbocycles. The molecule has 0 radical (unpaired) electrons. The van der Waals surface area contributed by atoms with Crippen LogP contribution in [-0.4, -0.2) is 49.4 Å². The fraction of sp³-hybridized carbons (Fsp3) is 0.312. The molecule has 2 heterocycles. The van der Waals surface area contributed by atoms with E-state index >= 15 is 0 Å². The van der Waals surface area contributed by atoms with Gasteiger partial charge in [-0.05, 0) is 12.1 Å². The molecule has 152 valence electrons. The summed E-state index contributed by atoms with van der Waals surface area (Å²) in [6, 6.07) is 1.59. The smallest absolute Gasteiger partial charge is 0.275 e. The maximum absolute atomic E-state index is 14.7. The zero-order valence-electron chi connectivity index (χ0n) is 14.4. The molecule has 1 aromatic heterocycles. The molecule has 28 heavy (non-hydrogen) atoms. The summed E-state index contributed by atoms with van der Waals surface area (Å²) in [6.45, 7) is -0.148. The molecule has 3 rings (SSSR count). The molecule has 8 nitrogen and oxygen atoms in total. The van der Waals surface area contributed by atoms with Crippen molar-refractivity contribution in [2.75, 3.05) is 18.5 Å². The van der Waals surface area contributed by atoms with Gasteiger partial charge in [-0.3, -0.25) is 4.79 Å². The van der Waals surface area contributed by atoms with E-state index in [0.717, 1.165) is 22.9 Å². The van der Waals surface area contributed by atoms with Gasteiger partial charge in [0.25, 0.3) is 5.91 Å². The van der Waals surface area contributed by atoms with Gasteiger partial charge in [0, 0.05) is 25.0 Å². The summed E-state index contributed by atoms with van der Waals surface area (Å²) in [6.07, 6.45) is -0.197. The van der Waals surface area contributed by atoms with Crippen molar-refractivity contribution in [1.82, 2.24) is 9.29 Å². The van der Waals surface area contributed by atoms with Crippen molar-refractivity contribution < 1.29 is 36.2 Å². The van der Waals surface area contributed by atoms with Crippen LogP contribution >= 0.6 is 0 Å². The van der Waals surface area contributed by atoms with E-state index in [0.29, 0.717) is 6.07 Å². The minimum absolute atomic E-state index is 0.0632. The number of rotatable bonds is 5. The summed E-state index contributed by atoms with van der Waals surface area (Å²) in [5.74, 6) is -4.73. The molecule has 1 aromatic carbocycles. The predicted molar refractivity (Wildman–Crippen MR) is 90.6 cm³/mol. The lowest BCUT2D eigenvalue weighted by atomic mass is 10.2. The molecule has 2 unspecified atom stereocenters. The van der Waals surface area contributed by atoms with Crippen LogP contribution < -0.4 is 10.0 Å². The summed E-state index contributed by atoms with van der Waals surface area (Å²) in [5.41, 5.74) is -0.772. The Balaban J connectivity index is 1.86. The molecule has 0 aliphatic carbocycles. The quantitative estimate of drug-likeness (QED) is 0.662. The number of aryl methyl sites for hydroxylation is 1. The number of aromatic nitrogens is 1. The highest BCUT2D eigenvalue weighted by molar-refractivity contribution is 7.89. The van der Waals surface area contributed by atoms with Gasteiger partial charge in [-0.25, -0.2) is 26.3 Å². The van der Waals surface area contributed by atoms with E-state index in [1.165, 1.54) is 7.05 Å². The third-order valence-corrected chi connectivity index (χ3v) is 5.60. The van der Waals surface area contributed by atoms with E-state index in [2.05, 4.69) is 10.0 Å². The Labute approximate surface area is 158 Å². The number of aliphatic hydroxyl groups excluding tert-OH is 1. The lowest BCUT2D eigenvalue weighted by molar-refractivity contribution is 0.101. The van der Waals surface area contributed by atoms with Gasteiger partial charge in [0.05, 0.1) is 25.4 Å². The van der Waals surface area contributed by atoms with Crippen LogP contribution in [0.5, 0.6) is 0 Å². The molecule has 1 aliphatic rings. The molecule has 2 aromatic rings. The SMILES string of the molecule is Cn1cc(S(=O)(=O)NC2COCC2O)c(F)c1C(=O)Nc1ccc(F)c(F)c1. The lowest BCUT2D eigenvalue weighted by Gasteiger charge is -2.14. The summed E-state index contributed by atoms with van der Waals surface area (Å²) >= 11 is 0. The fourth-order valence-electron chi connectivity index (χ4n) is 2.70. The summed E-state index contributed by atoms with van der Waals surface area (Å²) in [4.78, 5) is 11.5. The van der Waals surface area contributed by atoms with E-state index in [4.69, 9.17) is 4.74 Å². The number of halogens is 3. The Hall–Kier alpha value is -2.41. The van der Waals surface area contributed by atoms with Gasteiger partial charge < -0.3 is 19.7 Å².